The number of pyridine rings is 1. The number of halogens is 1. The van der Waals surface area contributed by atoms with Crippen LogP contribution in [0.3, 0.4) is 0 Å². The van der Waals surface area contributed by atoms with E-state index in [2.05, 4.69) is 33.1 Å². The van der Waals surface area contributed by atoms with Crippen LogP contribution in [0, 0.1) is 6.92 Å². The Hall–Kier alpha value is -0.830. The zero-order valence-electron chi connectivity index (χ0n) is 7.63. The molecule has 0 fully saturated rings. The molecule has 2 N–H and O–H groups in total. The molecule has 0 unspecified atom stereocenters. The molecule has 0 radical (unpaired) electrons. The highest BCUT2D eigenvalue weighted by Gasteiger charge is 1.93. The molecule has 1 aromatic rings. The molecule has 1 aromatic heterocycles. The van der Waals surface area contributed by atoms with E-state index in [9.17, 15) is 0 Å². The molecule has 0 aromatic carbocycles. The number of nitrogens with two attached hydrogens (primary N) is 1. The fraction of sp³-hybridized carbons (Fsp3) is 0.300. The first-order valence-corrected chi connectivity index (χ1v) is 5.31. The zero-order valence-corrected chi connectivity index (χ0v) is 9.21. The van der Waals surface area contributed by atoms with E-state index in [1.54, 1.807) is 6.20 Å². The predicted octanol–water partition coefficient (Wildman–Crippen LogP) is 2.77. The van der Waals surface area contributed by atoms with Gasteiger partial charge in [-0.3, -0.25) is 0 Å². The average Bonchev–Trinajstić information content (AvgIpc) is 2.12. The molecule has 1 rings (SSSR count). The van der Waals surface area contributed by atoms with Gasteiger partial charge in [0.25, 0.3) is 0 Å². The number of nitrogen functional groups attached to an aromatic ring is 1. The van der Waals surface area contributed by atoms with Gasteiger partial charge in [-0.25, -0.2) is 4.98 Å². The molecule has 0 bridgehead atoms. The summed E-state index contributed by atoms with van der Waals surface area (Å²) in [7, 11) is 0. The number of allylic oxidation sites excluding steroid dienone is 1. The Kier molecular flexibility index (Phi) is 3.96. The summed E-state index contributed by atoms with van der Waals surface area (Å²) in [4.78, 5) is 4.07. The van der Waals surface area contributed by atoms with E-state index in [0.717, 1.165) is 22.9 Å². The lowest BCUT2D eigenvalue weighted by Gasteiger charge is -1.99. The van der Waals surface area contributed by atoms with E-state index in [1.165, 1.54) is 0 Å². The molecule has 0 aliphatic heterocycles. The van der Waals surface area contributed by atoms with Gasteiger partial charge < -0.3 is 5.73 Å². The molecule has 0 atom stereocenters. The molecule has 0 aliphatic rings. The minimum Gasteiger partial charge on any atom is -0.383 e. The van der Waals surface area contributed by atoms with E-state index >= 15 is 0 Å². The van der Waals surface area contributed by atoms with E-state index in [1.807, 2.05) is 13.0 Å². The Morgan fingerprint density at radius 3 is 3.00 bits per heavy atom. The van der Waals surface area contributed by atoms with E-state index in [0.29, 0.717) is 5.82 Å². The monoisotopic (exact) mass is 240 g/mol. The maximum atomic E-state index is 5.60. The fourth-order valence-corrected chi connectivity index (χ4v) is 1.24. The molecular weight excluding hydrogens is 228 g/mol. The van der Waals surface area contributed by atoms with Crippen molar-refractivity contribution in [1.82, 2.24) is 4.98 Å². The van der Waals surface area contributed by atoms with Gasteiger partial charge in [0.05, 0.1) is 0 Å². The lowest BCUT2D eigenvalue weighted by Crippen LogP contribution is -1.93. The van der Waals surface area contributed by atoms with Crippen LogP contribution in [0.2, 0.25) is 0 Å². The minimum absolute atomic E-state index is 0.609. The van der Waals surface area contributed by atoms with Gasteiger partial charge in [-0.15, -0.1) is 0 Å². The summed E-state index contributed by atoms with van der Waals surface area (Å²) in [5.41, 5.74) is 7.73. The van der Waals surface area contributed by atoms with Gasteiger partial charge in [-0.2, -0.15) is 0 Å². The van der Waals surface area contributed by atoms with Crippen LogP contribution >= 0.6 is 15.9 Å². The van der Waals surface area contributed by atoms with Crippen molar-refractivity contribution < 1.29 is 0 Å². The highest BCUT2D eigenvalue weighted by atomic mass is 79.9. The van der Waals surface area contributed by atoms with Gasteiger partial charge >= 0.3 is 0 Å². The number of hydrogen-bond acceptors (Lipinski definition) is 2. The van der Waals surface area contributed by atoms with Gasteiger partial charge in [0.2, 0.25) is 0 Å². The first-order chi connectivity index (χ1) is 6.24. The number of hydrogen-bond donors (Lipinski definition) is 1. The first-order valence-electron chi connectivity index (χ1n) is 4.18. The molecule has 2 nitrogen and oxygen atoms in total. The number of alkyl halides is 1. The fourth-order valence-electron chi connectivity index (χ4n) is 0.981. The number of anilines is 1. The van der Waals surface area contributed by atoms with Gasteiger partial charge in [0.15, 0.2) is 0 Å². The Labute approximate surface area is 87.0 Å². The Morgan fingerprint density at radius 2 is 2.38 bits per heavy atom. The summed E-state index contributed by atoms with van der Waals surface area (Å²) in [5, 5.41) is 0.991. The molecule has 0 amide bonds. The lowest BCUT2D eigenvalue weighted by molar-refractivity contribution is 1.25. The summed E-state index contributed by atoms with van der Waals surface area (Å²) >= 11 is 3.36. The van der Waals surface area contributed by atoms with Crippen molar-refractivity contribution in [2.45, 2.75) is 13.3 Å². The summed E-state index contributed by atoms with van der Waals surface area (Å²) in [6, 6.07) is 2.03. The maximum Gasteiger partial charge on any atom is 0.126 e. The summed E-state index contributed by atoms with van der Waals surface area (Å²) in [6.45, 7) is 1.96. The van der Waals surface area contributed by atoms with Gasteiger partial charge in [-0.1, -0.05) is 28.1 Å². The van der Waals surface area contributed by atoms with Crippen LogP contribution in [-0.2, 0) is 0 Å². The first kappa shape index (κ1) is 10.3. The van der Waals surface area contributed by atoms with Crippen LogP contribution in [0.1, 0.15) is 17.5 Å². The quantitative estimate of drug-likeness (QED) is 0.826. The van der Waals surface area contributed by atoms with Crippen LogP contribution in [-0.4, -0.2) is 10.3 Å². The molecule has 3 heteroatoms. The van der Waals surface area contributed by atoms with E-state index < -0.39 is 0 Å². The maximum absolute atomic E-state index is 5.60. The number of aromatic nitrogens is 1. The summed E-state index contributed by atoms with van der Waals surface area (Å²) < 4.78 is 0. The van der Waals surface area contributed by atoms with Crippen molar-refractivity contribution in [3.05, 3.63) is 29.5 Å². The standard InChI is InChI=1S/C10H13BrN2/c1-8-6-9(4-2-3-5-11)7-13-10(8)12/h2,4,6-7H,3,5H2,1H3,(H2,12,13). The van der Waals surface area contributed by atoms with Crippen molar-refractivity contribution in [2.24, 2.45) is 0 Å². The van der Waals surface area contributed by atoms with Gasteiger partial charge in [-0.05, 0) is 30.5 Å². The van der Waals surface area contributed by atoms with Crippen molar-refractivity contribution >= 4 is 27.8 Å². The van der Waals surface area contributed by atoms with E-state index in [4.69, 9.17) is 5.73 Å². The number of rotatable bonds is 3. The minimum atomic E-state index is 0.609. The number of nitrogens with zero attached hydrogens (tertiary/aromatic N) is 1. The molecule has 0 saturated carbocycles. The highest BCUT2D eigenvalue weighted by Crippen LogP contribution is 2.10. The second-order valence-corrected chi connectivity index (χ2v) is 3.64. The van der Waals surface area contributed by atoms with Crippen molar-refractivity contribution in [2.75, 3.05) is 11.1 Å². The SMILES string of the molecule is Cc1cc(C=CCCBr)cnc1N. The Bertz CT molecular complexity index is 308. The van der Waals surface area contributed by atoms with Crippen LogP contribution in [0.15, 0.2) is 18.3 Å². The third-order valence-electron chi connectivity index (χ3n) is 1.73. The zero-order chi connectivity index (χ0) is 9.68. The third kappa shape index (κ3) is 3.19. The van der Waals surface area contributed by atoms with Gasteiger partial charge in [0, 0.05) is 11.5 Å². The van der Waals surface area contributed by atoms with Gasteiger partial charge in [0.1, 0.15) is 5.82 Å². The smallest absolute Gasteiger partial charge is 0.126 e. The summed E-state index contributed by atoms with van der Waals surface area (Å²) in [5.74, 6) is 0.609. The second kappa shape index (κ2) is 5.02. The molecular formula is C10H13BrN2. The van der Waals surface area contributed by atoms with E-state index in [-0.39, 0.29) is 0 Å². The van der Waals surface area contributed by atoms with Crippen LogP contribution in [0.4, 0.5) is 5.82 Å². The molecule has 70 valence electrons. The van der Waals surface area contributed by atoms with Crippen molar-refractivity contribution in [3.8, 4) is 0 Å². The number of aryl methyl sites for hydroxylation is 1. The van der Waals surface area contributed by atoms with Crippen LogP contribution in [0.25, 0.3) is 6.08 Å². The van der Waals surface area contributed by atoms with Crippen LogP contribution < -0.4 is 5.73 Å². The Balaban J connectivity index is 2.73. The largest absolute Gasteiger partial charge is 0.383 e. The molecule has 1 heterocycles. The molecule has 0 saturated heterocycles. The Morgan fingerprint density at radius 1 is 1.62 bits per heavy atom. The topological polar surface area (TPSA) is 38.9 Å². The highest BCUT2D eigenvalue weighted by molar-refractivity contribution is 9.09. The lowest BCUT2D eigenvalue weighted by atomic mass is 10.2. The van der Waals surface area contributed by atoms with Crippen LogP contribution in [0.5, 0.6) is 0 Å². The van der Waals surface area contributed by atoms with Crippen molar-refractivity contribution in [1.29, 1.82) is 0 Å². The summed E-state index contributed by atoms with van der Waals surface area (Å²) in [6.07, 6.45) is 6.98. The third-order valence-corrected chi connectivity index (χ3v) is 2.18. The molecule has 13 heavy (non-hydrogen) atoms. The normalized spacial score (nSPS) is 10.9. The predicted molar refractivity (Wildman–Crippen MR) is 60.8 cm³/mol. The second-order valence-electron chi connectivity index (χ2n) is 2.85. The van der Waals surface area contributed by atoms with Crippen molar-refractivity contribution in [3.63, 3.8) is 0 Å². The molecule has 0 aliphatic carbocycles. The molecule has 0 spiro atoms. The average molecular weight is 241 g/mol.